The molecule has 3 nitrogen and oxygen atoms in total. The van der Waals surface area contributed by atoms with E-state index in [-0.39, 0.29) is 5.41 Å². The molecule has 2 bridgehead atoms. The average Bonchev–Trinajstić information content (AvgIpc) is 2.50. The number of fused-ring (bicyclic) bond motifs is 1. The summed E-state index contributed by atoms with van der Waals surface area (Å²) in [4.78, 5) is 0. The number of ether oxygens (including phenoxy) is 1. The van der Waals surface area contributed by atoms with Gasteiger partial charge in [0, 0.05) is 17.0 Å². The lowest BCUT2D eigenvalue weighted by Crippen LogP contribution is -2.59. The number of phenolic OH excluding ortho intramolecular Hbond substituents is 1. The van der Waals surface area contributed by atoms with Gasteiger partial charge < -0.3 is 15.2 Å². The van der Waals surface area contributed by atoms with E-state index in [1.54, 1.807) is 7.11 Å². The standard InChI is InChI=1S/C18H25NO2/c1-11-9-15(21-2)17(20)16-12(11)10-14-13-5-3-4-6-18(13,16)7-8-19-14/h9,13-14,19-20H,3-8,10H2,1-2H3/t13?,14-,18-/m1/s1. The van der Waals surface area contributed by atoms with Gasteiger partial charge in [-0.25, -0.2) is 0 Å². The van der Waals surface area contributed by atoms with Gasteiger partial charge in [-0.2, -0.15) is 0 Å². The third-order valence-corrected chi connectivity index (χ3v) is 6.30. The fourth-order valence-electron chi connectivity index (χ4n) is 5.43. The molecule has 2 fully saturated rings. The molecule has 3 atom stereocenters. The number of phenols is 1. The second-order valence-corrected chi connectivity index (χ2v) is 7.12. The van der Waals surface area contributed by atoms with Crippen molar-refractivity contribution in [3.8, 4) is 11.5 Å². The Hall–Kier alpha value is -1.22. The molecule has 0 radical (unpaired) electrons. The number of aryl methyl sites for hydroxylation is 1. The van der Waals surface area contributed by atoms with Crippen LogP contribution in [0, 0.1) is 12.8 Å². The van der Waals surface area contributed by atoms with Crippen molar-refractivity contribution >= 4 is 0 Å². The Balaban J connectivity index is 1.98. The van der Waals surface area contributed by atoms with Crippen LogP contribution in [0.15, 0.2) is 6.07 Å². The van der Waals surface area contributed by atoms with Gasteiger partial charge in [0.15, 0.2) is 11.5 Å². The van der Waals surface area contributed by atoms with E-state index in [1.807, 2.05) is 6.07 Å². The first-order valence-corrected chi connectivity index (χ1v) is 8.30. The summed E-state index contributed by atoms with van der Waals surface area (Å²) in [6.07, 6.45) is 7.37. The minimum Gasteiger partial charge on any atom is -0.504 e. The van der Waals surface area contributed by atoms with Crippen molar-refractivity contribution in [2.75, 3.05) is 13.7 Å². The fourth-order valence-corrected chi connectivity index (χ4v) is 5.43. The highest BCUT2D eigenvalue weighted by Gasteiger charge is 2.53. The number of nitrogens with one attached hydrogen (secondary N) is 1. The van der Waals surface area contributed by atoms with Crippen molar-refractivity contribution in [1.29, 1.82) is 0 Å². The number of hydrogen-bond acceptors (Lipinski definition) is 3. The molecule has 0 spiro atoms. The van der Waals surface area contributed by atoms with Gasteiger partial charge in [0.2, 0.25) is 0 Å². The van der Waals surface area contributed by atoms with E-state index in [9.17, 15) is 5.11 Å². The molecule has 3 aliphatic rings. The normalized spacial score (nSPS) is 34.0. The maximum Gasteiger partial charge on any atom is 0.161 e. The molecule has 1 aromatic carbocycles. The Morgan fingerprint density at radius 3 is 3.00 bits per heavy atom. The maximum atomic E-state index is 10.9. The Morgan fingerprint density at radius 2 is 2.19 bits per heavy atom. The van der Waals surface area contributed by atoms with Crippen molar-refractivity contribution in [3.63, 3.8) is 0 Å². The third kappa shape index (κ3) is 1.70. The molecule has 1 unspecified atom stereocenters. The molecule has 4 rings (SSSR count). The van der Waals surface area contributed by atoms with Crippen LogP contribution in [0.5, 0.6) is 11.5 Å². The summed E-state index contributed by atoms with van der Waals surface area (Å²) in [7, 11) is 1.66. The molecule has 1 heterocycles. The van der Waals surface area contributed by atoms with Gasteiger partial charge >= 0.3 is 0 Å². The molecular formula is C18H25NO2. The molecule has 114 valence electrons. The first-order chi connectivity index (χ1) is 10.2. The van der Waals surface area contributed by atoms with Crippen LogP contribution in [0.2, 0.25) is 0 Å². The molecule has 1 aliphatic heterocycles. The van der Waals surface area contributed by atoms with E-state index in [4.69, 9.17) is 4.74 Å². The summed E-state index contributed by atoms with van der Waals surface area (Å²) in [6, 6.07) is 2.60. The summed E-state index contributed by atoms with van der Waals surface area (Å²) < 4.78 is 5.44. The lowest BCUT2D eigenvalue weighted by Gasteiger charge is -2.56. The second-order valence-electron chi connectivity index (χ2n) is 7.12. The van der Waals surface area contributed by atoms with Gasteiger partial charge in [-0.3, -0.25) is 0 Å². The van der Waals surface area contributed by atoms with Gasteiger partial charge in [0.25, 0.3) is 0 Å². The molecule has 2 aliphatic carbocycles. The Labute approximate surface area is 126 Å². The first-order valence-electron chi connectivity index (χ1n) is 8.30. The van der Waals surface area contributed by atoms with E-state index in [0.29, 0.717) is 23.5 Å². The molecule has 21 heavy (non-hydrogen) atoms. The van der Waals surface area contributed by atoms with Crippen molar-refractivity contribution in [2.45, 2.75) is 56.9 Å². The molecule has 0 amide bonds. The van der Waals surface area contributed by atoms with E-state index >= 15 is 0 Å². The van der Waals surface area contributed by atoms with E-state index < -0.39 is 0 Å². The number of benzene rings is 1. The topological polar surface area (TPSA) is 41.5 Å². The fraction of sp³-hybridized carbons (Fsp3) is 0.667. The van der Waals surface area contributed by atoms with E-state index in [1.165, 1.54) is 42.4 Å². The van der Waals surface area contributed by atoms with Crippen LogP contribution in [0.4, 0.5) is 0 Å². The van der Waals surface area contributed by atoms with Gasteiger partial charge in [0.1, 0.15) is 0 Å². The molecular weight excluding hydrogens is 262 g/mol. The van der Waals surface area contributed by atoms with Crippen LogP contribution in [0.3, 0.4) is 0 Å². The second kappa shape index (κ2) is 4.64. The number of hydrogen-bond donors (Lipinski definition) is 2. The summed E-state index contributed by atoms with van der Waals surface area (Å²) in [5.74, 6) is 1.76. The van der Waals surface area contributed by atoms with E-state index in [0.717, 1.165) is 19.4 Å². The average molecular weight is 287 g/mol. The molecule has 1 aromatic rings. The zero-order valence-corrected chi connectivity index (χ0v) is 13.0. The quantitative estimate of drug-likeness (QED) is 0.834. The largest absolute Gasteiger partial charge is 0.504 e. The molecule has 0 aromatic heterocycles. The summed E-state index contributed by atoms with van der Waals surface area (Å²) in [5, 5.41) is 14.6. The van der Waals surface area contributed by atoms with Crippen molar-refractivity contribution in [2.24, 2.45) is 5.92 Å². The Morgan fingerprint density at radius 1 is 1.33 bits per heavy atom. The lowest BCUT2D eigenvalue weighted by atomic mass is 9.52. The van der Waals surface area contributed by atoms with Crippen molar-refractivity contribution in [3.05, 3.63) is 22.8 Å². The van der Waals surface area contributed by atoms with Gasteiger partial charge in [0.05, 0.1) is 7.11 Å². The minimum atomic E-state index is 0.186. The molecule has 2 N–H and O–H groups in total. The van der Waals surface area contributed by atoms with Gasteiger partial charge in [-0.1, -0.05) is 12.8 Å². The molecule has 1 saturated heterocycles. The molecule has 3 heteroatoms. The maximum absolute atomic E-state index is 10.9. The summed E-state index contributed by atoms with van der Waals surface area (Å²) >= 11 is 0. The van der Waals surface area contributed by atoms with Crippen molar-refractivity contribution < 1.29 is 9.84 Å². The van der Waals surface area contributed by atoms with Crippen LogP contribution in [-0.2, 0) is 11.8 Å². The zero-order valence-electron chi connectivity index (χ0n) is 13.0. The predicted molar refractivity (Wildman–Crippen MR) is 83.1 cm³/mol. The van der Waals surface area contributed by atoms with Crippen LogP contribution in [0.25, 0.3) is 0 Å². The number of aromatic hydroxyl groups is 1. The van der Waals surface area contributed by atoms with Gasteiger partial charge in [-0.15, -0.1) is 0 Å². The highest BCUT2D eigenvalue weighted by Crippen LogP contribution is 2.58. The van der Waals surface area contributed by atoms with Gasteiger partial charge in [-0.05, 0) is 62.3 Å². The Bertz CT molecular complexity index is 579. The SMILES string of the molecule is COc1cc(C)c2c(c1O)[C@@]13CCCCC1[C@@H](C2)NCC3. The monoisotopic (exact) mass is 287 g/mol. The Kier molecular flexibility index (Phi) is 2.97. The van der Waals surface area contributed by atoms with Crippen LogP contribution < -0.4 is 10.1 Å². The first kappa shape index (κ1) is 13.4. The van der Waals surface area contributed by atoms with Crippen LogP contribution in [0.1, 0.15) is 48.8 Å². The highest BCUT2D eigenvalue weighted by molar-refractivity contribution is 5.59. The smallest absolute Gasteiger partial charge is 0.161 e. The van der Waals surface area contributed by atoms with Crippen LogP contribution in [-0.4, -0.2) is 24.8 Å². The van der Waals surface area contributed by atoms with Crippen molar-refractivity contribution in [1.82, 2.24) is 5.32 Å². The highest BCUT2D eigenvalue weighted by atomic mass is 16.5. The lowest BCUT2D eigenvalue weighted by molar-refractivity contribution is 0.0766. The number of methoxy groups -OCH3 is 1. The predicted octanol–water partition coefficient (Wildman–Crippen LogP) is 3.06. The zero-order chi connectivity index (χ0) is 14.6. The molecule has 1 saturated carbocycles. The van der Waals surface area contributed by atoms with E-state index in [2.05, 4.69) is 12.2 Å². The number of rotatable bonds is 1. The van der Waals surface area contributed by atoms with Crippen LogP contribution >= 0.6 is 0 Å². The third-order valence-electron chi connectivity index (χ3n) is 6.30. The summed E-state index contributed by atoms with van der Waals surface area (Å²) in [5.41, 5.74) is 4.08. The number of piperidine rings is 1. The minimum absolute atomic E-state index is 0.186. The summed E-state index contributed by atoms with van der Waals surface area (Å²) in [6.45, 7) is 3.24.